The van der Waals surface area contributed by atoms with Gasteiger partial charge < -0.3 is 9.47 Å². The molecule has 4 aromatic rings. The Morgan fingerprint density at radius 2 is 1.47 bits per heavy atom. The summed E-state index contributed by atoms with van der Waals surface area (Å²) < 4.78 is 13.4. The van der Waals surface area contributed by atoms with Crippen LogP contribution in [-0.2, 0) is 0 Å². The van der Waals surface area contributed by atoms with Crippen LogP contribution >= 0.6 is 0 Å². The molecule has 0 saturated carbocycles. The number of rotatable bonds is 8. The van der Waals surface area contributed by atoms with Crippen LogP contribution in [0.2, 0.25) is 0 Å². The van der Waals surface area contributed by atoms with Crippen LogP contribution in [0, 0.1) is 0 Å². The van der Waals surface area contributed by atoms with E-state index in [0.717, 1.165) is 41.4 Å². The summed E-state index contributed by atoms with van der Waals surface area (Å²) in [5.74, 6) is 1.70. The van der Waals surface area contributed by atoms with Crippen LogP contribution < -0.4 is 14.8 Å². The summed E-state index contributed by atoms with van der Waals surface area (Å²) in [5, 5.41) is 8.79. The Bertz CT molecular complexity index is 1120. The molecular formula is C24H21N4O2. The van der Waals surface area contributed by atoms with Crippen molar-refractivity contribution in [2.75, 3.05) is 13.2 Å². The lowest BCUT2D eigenvalue weighted by Gasteiger charge is -2.09. The highest BCUT2D eigenvalue weighted by atomic mass is 16.5. The van der Waals surface area contributed by atoms with Gasteiger partial charge in [-0.15, -0.1) is 0 Å². The van der Waals surface area contributed by atoms with Gasteiger partial charge in [0.15, 0.2) is 0 Å². The molecule has 0 atom stereocenters. The summed E-state index contributed by atoms with van der Waals surface area (Å²) in [5.41, 5.74) is 5.31. The molecule has 3 aromatic carbocycles. The molecule has 0 N–H and O–H groups in total. The molecule has 6 heteroatoms. The summed E-state index contributed by atoms with van der Waals surface area (Å²) in [7, 11) is 0. The average Bonchev–Trinajstić information content (AvgIpc) is 3.44. The fourth-order valence-corrected chi connectivity index (χ4v) is 3.47. The number of fused-ring (bicyclic) bond motifs is 3. The Labute approximate surface area is 175 Å². The minimum Gasteiger partial charge on any atom is -0.494 e. The predicted molar refractivity (Wildman–Crippen MR) is 115 cm³/mol. The van der Waals surface area contributed by atoms with Crippen molar-refractivity contribution < 1.29 is 9.47 Å². The standard InChI is InChI=1S/C24H21N4O2/c1-2-6-23-21(5-1)22-12-11-20(15-24(22)27-23)30-14-4-3-13-29-19-9-7-18(8-10-19)28-17-25-16-26-28/h1-2,5-12,15-17H,3-4,13-14H2. The van der Waals surface area contributed by atoms with E-state index in [0.29, 0.717) is 13.2 Å². The van der Waals surface area contributed by atoms with Crippen LogP contribution in [0.15, 0.2) is 79.4 Å². The Hall–Kier alpha value is -3.80. The van der Waals surface area contributed by atoms with E-state index in [1.807, 2.05) is 54.6 Å². The Kier molecular flexibility index (Phi) is 5.04. The van der Waals surface area contributed by atoms with E-state index in [-0.39, 0.29) is 0 Å². The monoisotopic (exact) mass is 397 g/mol. The molecule has 2 heterocycles. The molecule has 0 aliphatic carbocycles. The van der Waals surface area contributed by atoms with E-state index in [1.165, 1.54) is 17.5 Å². The lowest BCUT2D eigenvalue weighted by Crippen LogP contribution is -2.03. The van der Waals surface area contributed by atoms with Crippen LogP contribution in [0.4, 0.5) is 11.4 Å². The van der Waals surface area contributed by atoms with Crippen molar-refractivity contribution in [2.24, 2.45) is 0 Å². The van der Waals surface area contributed by atoms with Crippen molar-refractivity contribution in [1.29, 1.82) is 0 Å². The maximum atomic E-state index is 5.91. The number of hydrogen-bond acceptors (Lipinski definition) is 4. The molecule has 0 unspecified atom stereocenters. The molecule has 1 aromatic heterocycles. The van der Waals surface area contributed by atoms with Crippen molar-refractivity contribution in [1.82, 2.24) is 20.1 Å². The number of nitrogens with zero attached hydrogens (tertiary/aromatic N) is 4. The third-order valence-corrected chi connectivity index (χ3v) is 5.00. The van der Waals surface area contributed by atoms with Gasteiger partial charge in [0, 0.05) is 17.2 Å². The lowest BCUT2D eigenvalue weighted by molar-refractivity contribution is 0.266. The second-order valence-corrected chi connectivity index (χ2v) is 7.05. The van der Waals surface area contributed by atoms with Gasteiger partial charge in [0.1, 0.15) is 24.2 Å². The van der Waals surface area contributed by atoms with Gasteiger partial charge in [-0.25, -0.2) is 15.0 Å². The summed E-state index contributed by atoms with van der Waals surface area (Å²) in [6, 6.07) is 22.1. The molecular weight excluding hydrogens is 376 g/mol. The van der Waals surface area contributed by atoms with Gasteiger partial charge in [-0.1, -0.05) is 18.2 Å². The van der Waals surface area contributed by atoms with Gasteiger partial charge in [0.2, 0.25) is 0 Å². The van der Waals surface area contributed by atoms with E-state index in [4.69, 9.17) is 9.47 Å². The molecule has 0 spiro atoms. The molecule has 6 nitrogen and oxygen atoms in total. The molecule has 1 aliphatic rings. The number of ether oxygens (including phenoxy) is 2. The zero-order valence-corrected chi connectivity index (χ0v) is 16.4. The zero-order valence-electron chi connectivity index (χ0n) is 16.4. The third kappa shape index (κ3) is 3.85. The molecule has 0 amide bonds. The minimum atomic E-state index is 0.653. The second kappa shape index (κ2) is 8.29. The molecule has 0 fully saturated rings. The SMILES string of the molecule is c1ccc2c(c1)[N]c1cc(OCCCCOc3ccc(-n4cncn4)cc3)ccc1-2. The Morgan fingerprint density at radius 1 is 0.733 bits per heavy atom. The number of para-hydroxylation sites is 1. The molecule has 149 valence electrons. The summed E-state index contributed by atoms with van der Waals surface area (Å²) in [6.07, 6.45) is 5.03. The number of hydrogen-bond donors (Lipinski definition) is 0. The van der Waals surface area contributed by atoms with Gasteiger partial charge in [0.25, 0.3) is 0 Å². The van der Waals surface area contributed by atoms with E-state index < -0.39 is 0 Å². The molecule has 0 saturated heterocycles. The van der Waals surface area contributed by atoms with Gasteiger partial charge in [-0.05, 0) is 55.3 Å². The van der Waals surface area contributed by atoms with Crippen LogP contribution in [-0.4, -0.2) is 28.0 Å². The first kappa shape index (κ1) is 18.2. The molecule has 5 rings (SSSR count). The molecule has 30 heavy (non-hydrogen) atoms. The van der Waals surface area contributed by atoms with Gasteiger partial charge >= 0.3 is 0 Å². The Balaban J connectivity index is 1.05. The highest BCUT2D eigenvalue weighted by Gasteiger charge is 2.19. The van der Waals surface area contributed by atoms with Gasteiger partial charge in [-0.2, -0.15) is 5.10 Å². The van der Waals surface area contributed by atoms with Crippen LogP contribution in [0.5, 0.6) is 11.5 Å². The van der Waals surface area contributed by atoms with Crippen molar-refractivity contribution >= 4 is 11.4 Å². The first-order chi connectivity index (χ1) is 14.9. The van der Waals surface area contributed by atoms with E-state index >= 15 is 0 Å². The quantitative estimate of drug-likeness (QED) is 0.344. The van der Waals surface area contributed by atoms with Crippen LogP contribution in [0.25, 0.3) is 16.8 Å². The fourth-order valence-electron chi connectivity index (χ4n) is 3.47. The van der Waals surface area contributed by atoms with Gasteiger partial charge in [0.05, 0.1) is 30.3 Å². The first-order valence-electron chi connectivity index (χ1n) is 10.0. The van der Waals surface area contributed by atoms with Gasteiger partial charge in [-0.3, -0.25) is 0 Å². The zero-order chi connectivity index (χ0) is 20.2. The van der Waals surface area contributed by atoms with Crippen molar-refractivity contribution in [2.45, 2.75) is 12.8 Å². The summed E-state index contributed by atoms with van der Waals surface area (Å²) in [4.78, 5) is 3.95. The lowest BCUT2D eigenvalue weighted by atomic mass is 10.1. The second-order valence-electron chi connectivity index (χ2n) is 7.05. The van der Waals surface area contributed by atoms with Crippen molar-refractivity contribution in [3.8, 4) is 28.3 Å². The number of unbranched alkanes of at least 4 members (excludes halogenated alkanes) is 1. The van der Waals surface area contributed by atoms with Crippen LogP contribution in [0.1, 0.15) is 12.8 Å². The highest BCUT2D eigenvalue weighted by molar-refractivity contribution is 5.90. The number of aromatic nitrogens is 3. The van der Waals surface area contributed by atoms with E-state index in [9.17, 15) is 0 Å². The van der Waals surface area contributed by atoms with E-state index in [2.05, 4.69) is 27.5 Å². The smallest absolute Gasteiger partial charge is 0.138 e. The topological polar surface area (TPSA) is 63.3 Å². The maximum absolute atomic E-state index is 5.91. The normalized spacial score (nSPS) is 11.5. The highest BCUT2D eigenvalue weighted by Crippen LogP contribution is 2.43. The first-order valence-corrected chi connectivity index (χ1v) is 10.0. The molecule has 0 bridgehead atoms. The van der Waals surface area contributed by atoms with E-state index in [1.54, 1.807) is 11.0 Å². The van der Waals surface area contributed by atoms with Crippen molar-refractivity contribution in [3.05, 3.63) is 79.4 Å². The predicted octanol–water partition coefficient (Wildman–Crippen LogP) is 5.05. The number of benzene rings is 3. The molecule has 1 aliphatic heterocycles. The average molecular weight is 397 g/mol. The van der Waals surface area contributed by atoms with Crippen LogP contribution in [0.3, 0.4) is 0 Å². The van der Waals surface area contributed by atoms with Crippen molar-refractivity contribution in [3.63, 3.8) is 0 Å². The summed E-state index contributed by atoms with van der Waals surface area (Å²) in [6.45, 7) is 1.31. The minimum absolute atomic E-state index is 0.653. The third-order valence-electron chi connectivity index (χ3n) is 5.00. The summed E-state index contributed by atoms with van der Waals surface area (Å²) >= 11 is 0. The fraction of sp³-hybridized carbons (Fsp3) is 0.167. The largest absolute Gasteiger partial charge is 0.494 e. The molecule has 1 radical (unpaired) electrons. The Morgan fingerprint density at radius 3 is 2.27 bits per heavy atom. The maximum Gasteiger partial charge on any atom is 0.138 e.